The van der Waals surface area contributed by atoms with Crippen molar-refractivity contribution in [1.29, 1.82) is 0 Å². The Labute approximate surface area is 221 Å². The number of hydrogen-bond donors (Lipinski definition) is 1. The van der Waals surface area contributed by atoms with E-state index in [-0.39, 0.29) is 35.7 Å². The van der Waals surface area contributed by atoms with Gasteiger partial charge >= 0.3 is 0 Å². The molecule has 2 saturated heterocycles. The molecule has 3 aliphatic heterocycles. The van der Waals surface area contributed by atoms with E-state index in [4.69, 9.17) is 21.3 Å². The van der Waals surface area contributed by atoms with E-state index in [1.807, 2.05) is 0 Å². The molecular weight excluding hydrogens is 516 g/mol. The highest BCUT2D eigenvalue weighted by Gasteiger charge is 2.49. The van der Waals surface area contributed by atoms with Gasteiger partial charge in [-0.1, -0.05) is 23.7 Å². The fourth-order valence-electron chi connectivity index (χ4n) is 5.27. The van der Waals surface area contributed by atoms with E-state index in [1.165, 1.54) is 16.4 Å². The van der Waals surface area contributed by atoms with Gasteiger partial charge < -0.3 is 15.0 Å². The number of rotatable bonds is 5. The van der Waals surface area contributed by atoms with Crippen LogP contribution in [-0.4, -0.2) is 74.1 Å². The zero-order valence-corrected chi connectivity index (χ0v) is 22.1. The molecule has 1 unspecified atom stereocenters. The molecule has 2 aromatic rings. The topological polar surface area (TPSA) is 108 Å². The van der Waals surface area contributed by atoms with E-state index >= 15 is 0 Å². The fraction of sp³-hybridized carbons (Fsp3) is 0.423. The van der Waals surface area contributed by atoms with E-state index < -0.39 is 15.6 Å². The molecule has 2 aromatic carbocycles. The number of benzene rings is 2. The SMILES string of the molecule is COc1cccc(C(=O)N2CCCC(C3=NC4(CCN(S(=O)(=O)c5cccc(Cl)c5)CC4)C(=O)N3)C2)c1. The molecular formula is C26H29ClN4O5S. The van der Waals surface area contributed by atoms with Crippen molar-refractivity contribution >= 4 is 39.3 Å². The van der Waals surface area contributed by atoms with Gasteiger partial charge in [0.05, 0.1) is 12.0 Å². The van der Waals surface area contributed by atoms with Crippen LogP contribution in [0.2, 0.25) is 5.02 Å². The van der Waals surface area contributed by atoms with Crippen molar-refractivity contribution in [2.75, 3.05) is 33.3 Å². The predicted octanol–water partition coefficient (Wildman–Crippen LogP) is 2.95. The number of hydrogen-bond acceptors (Lipinski definition) is 6. The smallest absolute Gasteiger partial charge is 0.254 e. The van der Waals surface area contributed by atoms with Crippen LogP contribution < -0.4 is 10.1 Å². The Balaban J connectivity index is 1.28. The van der Waals surface area contributed by atoms with E-state index in [2.05, 4.69) is 5.32 Å². The third-order valence-corrected chi connectivity index (χ3v) is 9.52. The molecule has 11 heteroatoms. The molecule has 196 valence electrons. The first-order chi connectivity index (χ1) is 17.7. The first-order valence-corrected chi connectivity index (χ1v) is 14.1. The minimum atomic E-state index is -3.71. The maximum absolute atomic E-state index is 13.1. The van der Waals surface area contributed by atoms with Crippen LogP contribution in [-0.2, 0) is 14.8 Å². The highest BCUT2D eigenvalue weighted by atomic mass is 35.5. The van der Waals surface area contributed by atoms with Crippen LogP contribution in [0.3, 0.4) is 0 Å². The molecule has 5 rings (SSSR count). The van der Waals surface area contributed by atoms with Gasteiger partial charge in [0.2, 0.25) is 10.0 Å². The van der Waals surface area contributed by atoms with Crippen molar-refractivity contribution in [2.24, 2.45) is 10.9 Å². The van der Waals surface area contributed by atoms with Crippen LogP contribution >= 0.6 is 11.6 Å². The lowest BCUT2D eigenvalue weighted by atomic mass is 9.89. The Morgan fingerprint density at radius 3 is 2.62 bits per heavy atom. The van der Waals surface area contributed by atoms with Crippen molar-refractivity contribution in [3.8, 4) is 5.75 Å². The number of likely N-dealkylation sites (tertiary alicyclic amines) is 1. The first kappa shape index (κ1) is 25.7. The molecule has 0 aliphatic carbocycles. The molecule has 1 atom stereocenters. The predicted molar refractivity (Wildman–Crippen MR) is 139 cm³/mol. The molecule has 3 heterocycles. The molecule has 2 amide bonds. The maximum Gasteiger partial charge on any atom is 0.254 e. The third-order valence-electron chi connectivity index (χ3n) is 7.39. The summed E-state index contributed by atoms with van der Waals surface area (Å²) in [5.41, 5.74) is -0.420. The molecule has 1 N–H and O–H groups in total. The number of methoxy groups -OCH3 is 1. The molecule has 9 nitrogen and oxygen atoms in total. The van der Waals surface area contributed by atoms with Gasteiger partial charge in [-0.15, -0.1) is 0 Å². The first-order valence-electron chi connectivity index (χ1n) is 12.3. The molecule has 0 radical (unpaired) electrons. The minimum Gasteiger partial charge on any atom is -0.497 e. The Morgan fingerprint density at radius 2 is 1.89 bits per heavy atom. The second-order valence-electron chi connectivity index (χ2n) is 9.67. The average Bonchev–Trinajstić information content (AvgIpc) is 3.23. The van der Waals surface area contributed by atoms with E-state index in [0.717, 1.165) is 12.8 Å². The minimum absolute atomic E-state index is 0.0808. The molecule has 0 saturated carbocycles. The molecule has 0 bridgehead atoms. The molecule has 1 spiro atoms. The van der Waals surface area contributed by atoms with Gasteiger partial charge in [-0.3, -0.25) is 14.6 Å². The summed E-state index contributed by atoms with van der Waals surface area (Å²) in [5.74, 6) is 0.859. The normalized spacial score (nSPS) is 22.0. The van der Waals surface area contributed by atoms with Gasteiger partial charge in [-0.25, -0.2) is 8.42 Å². The van der Waals surface area contributed by atoms with Crippen molar-refractivity contribution in [1.82, 2.24) is 14.5 Å². The molecule has 2 fully saturated rings. The maximum atomic E-state index is 13.1. The lowest BCUT2D eigenvalue weighted by Gasteiger charge is -2.35. The Kier molecular flexibility index (Phi) is 6.99. The number of halogens is 1. The average molecular weight is 545 g/mol. The van der Waals surface area contributed by atoms with Crippen LogP contribution in [0.25, 0.3) is 0 Å². The number of amidine groups is 1. The van der Waals surface area contributed by atoms with E-state index in [9.17, 15) is 18.0 Å². The van der Waals surface area contributed by atoms with Crippen molar-refractivity contribution in [2.45, 2.75) is 36.1 Å². The summed E-state index contributed by atoms with van der Waals surface area (Å²) in [6, 6.07) is 13.3. The summed E-state index contributed by atoms with van der Waals surface area (Å²) in [4.78, 5) is 33.0. The summed E-state index contributed by atoms with van der Waals surface area (Å²) in [6.45, 7) is 1.46. The third kappa shape index (κ3) is 4.97. The van der Waals surface area contributed by atoms with Gasteiger partial charge in [-0.05, 0) is 62.1 Å². The monoisotopic (exact) mass is 544 g/mol. The van der Waals surface area contributed by atoms with Crippen LogP contribution in [0.1, 0.15) is 36.0 Å². The van der Waals surface area contributed by atoms with Crippen LogP contribution in [0.15, 0.2) is 58.4 Å². The van der Waals surface area contributed by atoms with Crippen LogP contribution in [0.4, 0.5) is 0 Å². The quantitative estimate of drug-likeness (QED) is 0.622. The van der Waals surface area contributed by atoms with Gasteiger partial charge in [0.25, 0.3) is 11.8 Å². The highest BCUT2D eigenvalue weighted by Crippen LogP contribution is 2.35. The lowest BCUT2D eigenvalue weighted by molar-refractivity contribution is -0.125. The number of piperidine rings is 2. The Bertz CT molecular complexity index is 1350. The second-order valence-corrected chi connectivity index (χ2v) is 12.0. The van der Waals surface area contributed by atoms with Crippen molar-refractivity contribution in [3.05, 3.63) is 59.1 Å². The van der Waals surface area contributed by atoms with Gasteiger partial charge in [0.1, 0.15) is 17.1 Å². The number of aliphatic imine (C=N–C) groups is 1. The van der Waals surface area contributed by atoms with E-state index in [1.54, 1.807) is 48.4 Å². The summed E-state index contributed by atoms with van der Waals surface area (Å²) >= 11 is 5.99. The van der Waals surface area contributed by atoms with Crippen molar-refractivity contribution in [3.63, 3.8) is 0 Å². The standard InChI is InChI=1S/C26H29ClN4O5S/c1-36-21-8-2-5-18(15-21)24(32)30-12-4-6-19(17-30)23-28-25(33)26(29-23)10-13-31(14-11-26)37(34,35)22-9-3-7-20(27)16-22/h2-3,5,7-9,15-16,19H,4,6,10-14,17H2,1H3,(H,28,29,33). The van der Waals surface area contributed by atoms with E-state index in [0.29, 0.717) is 48.1 Å². The summed E-state index contributed by atoms with van der Waals surface area (Å²) in [6.07, 6.45) is 2.20. The number of ether oxygens (including phenoxy) is 1. The lowest BCUT2D eigenvalue weighted by Crippen LogP contribution is -2.50. The number of amides is 2. The number of carbonyl (C=O) groups excluding carboxylic acids is 2. The van der Waals surface area contributed by atoms with Crippen LogP contribution in [0.5, 0.6) is 5.75 Å². The summed E-state index contributed by atoms with van der Waals surface area (Å²) < 4.78 is 32.8. The zero-order chi connectivity index (χ0) is 26.2. The van der Waals surface area contributed by atoms with Crippen LogP contribution in [0, 0.1) is 5.92 Å². The highest BCUT2D eigenvalue weighted by molar-refractivity contribution is 7.89. The number of nitrogens with one attached hydrogen (secondary N) is 1. The van der Waals surface area contributed by atoms with Crippen molar-refractivity contribution < 1.29 is 22.7 Å². The largest absolute Gasteiger partial charge is 0.497 e. The summed E-state index contributed by atoms with van der Waals surface area (Å²) in [5, 5.41) is 3.31. The summed E-state index contributed by atoms with van der Waals surface area (Å²) in [7, 11) is -2.15. The zero-order valence-electron chi connectivity index (χ0n) is 20.5. The molecule has 3 aliphatic rings. The fourth-order valence-corrected chi connectivity index (χ4v) is 7.01. The Hall–Kier alpha value is -2.95. The van der Waals surface area contributed by atoms with Gasteiger partial charge in [-0.2, -0.15) is 4.31 Å². The molecule has 0 aromatic heterocycles. The van der Waals surface area contributed by atoms with Gasteiger partial charge in [0.15, 0.2) is 0 Å². The number of sulfonamides is 1. The molecule has 37 heavy (non-hydrogen) atoms. The number of nitrogens with zero attached hydrogens (tertiary/aromatic N) is 3. The Morgan fingerprint density at radius 1 is 1.14 bits per heavy atom. The second kappa shape index (κ2) is 10.1. The number of carbonyl (C=O) groups is 2. The van der Waals surface area contributed by atoms with Gasteiger partial charge in [0, 0.05) is 42.7 Å².